The Morgan fingerprint density at radius 3 is 1.80 bits per heavy atom. The van der Waals surface area contributed by atoms with Crippen LogP contribution in [0.25, 0.3) is 0 Å². The first-order chi connectivity index (χ1) is 6.95. The summed E-state index contributed by atoms with van der Waals surface area (Å²) in [6.45, 7) is 0. The van der Waals surface area contributed by atoms with Gasteiger partial charge in [0, 0.05) is 0 Å². The van der Waals surface area contributed by atoms with E-state index in [1.54, 1.807) is 0 Å². The van der Waals surface area contributed by atoms with Gasteiger partial charge in [0.15, 0.2) is 0 Å². The highest BCUT2D eigenvalue weighted by Crippen LogP contribution is 2.18. The van der Waals surface area contributed by atoms with Crippen molar-refractivity contribution in [1.82, 2.24) is 0 Å². The number of carboxylic acids is 2. The summed E-state index contributed by atoms with van der Waals surface area (Å²) in [5, 5.41) is 17.3. The van der Waals surface area contributed by atoms with Gasteiger partial charge in [-0.3, -0.25) is 4.21 Å². The zero-order valence-corrected chi connectivity index (χ0v) is 7.98. The van der Waals surface area contributed by atoms with E-state index in [1.165, 1.54) is 6.07 Å². The quantitative estimate of drug-likeness (QED) is 0.721. The minimum Gasteiger partial charge on any atom is -0.768 e. The van der Waals surface area contributed by atoms with Crippen molar-refractivity contribution in [2.24, 2.45) is 0 Å². The van der Waals surface area contributed by atoms with E-state index in [2.05, 4.69) is 0 Å². The summed E-state index contributed by atoms with van der Waals surface area (Å²) in [5.74, 6) is -2.98. The predicted molar refractivity (Wildman–Crippen MR) is 47.5 cm³/mol. The predicted octanol–water partition coefficient (Wildman–Crippen LogP) is 0.321. The zero-order valence-electron chi connectivity index (χ0n) is 7.17. The van der Waals surface area contributed by atoms with Gasteiger partial charge in [-0.15, -0.1) is 0 Å². The zero-order chi connectivity index (χ0) is 11.6. The van der Waals surface area contributed by atoms with Crippen molar-refractivity contribution in [2.45, 2.75) is 4.90 Å². The van der Waals surface area contributed by atoms with Gasteiger partial charge in [-0.2, -0.15) is 0 Å². The van der Waals surface area contributed by atoms with Crippen LogP contribution < -0.4 is 0 Å². The summed E-state index contributed by atoms with van der Waals surface area (Å²) in [6.07, 6.45) is 0. The molecular formula is C8H5O6S-. The highest BCUT2D eigenvalue weighted by molar-refractivity contribution is 7.79. The Bertz CT molecular complexity index is 420. The smallest absolute Gasteiger partial charge is 0.336 e. The summed E-state index contributed by atoms with van der Waals surface area (Å²) in [5.41, 5.74) is -1.11. The second kappa shape index (κ2) is 4.20. The molecule has 0 fully saturated rings. The van der Waals surface area contributed by atoms with Gasteiger partial charge in [0.05, 0.1) is 16.0 Å². The van der Waals surface area contributed by atoms with E-state index in [4.69, 9.17) is 10.2 Å². The number of carboxylic acid groups (broad SMARTS) is 2. The molecule has 0 aliphatic heterocycles. The molecule has 0 heterocycles. The summed E-state index contributed by atoms with van der Waals surface area (Å²) in [4.78, 5) is 20.6. The first-order valence-corrected chi connectivity index (χ1v) is 4.71. The van der Waals surface area contributed by atoms with Gasteiger partial charge in [0.2, 0.25) is 0 Å². The maximum Gasteiger partial charge on any atom is 0.336 e. The molecule has 0 amide bonds. The van der Waals surface area contributed by atoms with Crippen LogP contribution in [0.2, 0.25) is 0 Å². The second-order valence-electron chi connectivity index (χ2n) is 2.53. The van der Waals surface area contributed by atoms with E-state index < -0.39 is 39.0 Å². The number of hydrogen-bond donors (Lipinski definition) is 2. The molecule has 0 spiro atoms. The molecule has 0 saturated heterocycles. The molecular weight excluding hydrogens is 224 g/mol. The SMILES string of the molecule is O=C(O)c1cccc(C(=O)O)c1S(=O)[O-]. The average molecular weight is 229 g/mol. The molecule has 80 valence electrons. The Morgan fingerprint density at radius 2 is 1.53 bits per heavy atom. The molecule has 1 aromatic carbocycles. The Morgan fingerprint density at radius 1 is 1.13 bits per heavy atom. The first kappa shape index (κ1) is 11.3. The van der Waals surface area contributed by atoms with E-state index >= 15 is 0 Å². The second-order valence-corrected chi connectivity index (χ2v) is 3.40. The number of hydrogen-bond acceptors (Lipinski definition) is 4. The van der Waals surface area contributed by atoms with Crippen molar-refractivity contribution >= 4 is 23.0 Å². The fourth-order valence-corrected chi connectivity index (χ4v) is 1.72. The maximum atomic E-state index is 10.7. The van der Waals surface area contributed by atoms with E-state index in [-0.39, 0.29) is 0 Å². The Hall–Kier alpha value is -1.73. The molecule has 1 rings (SSSR count). The summed E-state index contributed by atoms with van der Waals surface area (Å²) >= 11 is -2.90. The van der Waals surface area contributed by atoms with Gasteiger partial charge in [-0.1, -0.05) is 6.07 Å². The number of rotatable bonds is 3. The monoisotopic (exact) mass is 229 g/mol. The Balaban J connectivity index is 3.56. The van der Waals surface area contributed by atoms with Crippen LogP contribution in [-0.4, -0.2) is 30.9 Å². The number of carbonyl (C=O) groups is 2. The van der Waals surface area contributed by atoms with Gasteiger partial charge >= 0.3 is 11.9 Å². The minimum absolute atomic E-state index is 0.553. The van der Waals surface area contributed by atoms with Crippen molar-refractivity contribution in [3.8, 4) is 0 Å². The van der Waals surface area contributed by atoms with Gasteiger partial charge < -0.3 is 14.8 Å². The fraction of sp³-hybridized carbons (Fsp3) is 0. The van der Waals surface area contributed by atoms with Crippen molar-refractivity contribution < 1.29 is 28.6 Å². The molecule has 0 aliphatic carbocycles. The van der Waals surface area contributed by atoms with Crippen molar-refractivity contribution in [1.29, 1.82) is 0 Å². The molecule has 2 N–H and O–H groups in total. The lowest BCUT2D eigenvalue weighted by Crippen LogP contribution is -2.10. The van der Waals surface area contributed by atoms with Gasteiger partial charge in [0.1, 0.15) is 0 Å². The largest absolute Gasteiger partial charge is 0.768 e. The topological polar surface area (TPSA) is 115 Å². The molecule has 0 bridgehead atoms. The van der Waals surface area contributed by atoms with Crippen LogP contribution in [0.15, 0.2) is 23.1 Å². The highest BCUT2D eigenvalue weighted by Gasteiger charge is 2.18. The lowest BCUT2D eigenvalue weighted by atomic mass is 10.1. The highest BCUT2D eigenvalue weighted by atomic mass is 32.2. The van der Waals surface area contributed by atoms with E-state index in [9.17, 15) is 18.4 Å². The third kappa shape index (κ3) is 2.20. The third-order valence-corrected chi connectivity index (χ3v) is 2.42. The standard InChI is InChI=1S/C8H6O6S/c9-7(10)4-2-1-3-5(8(11)12)6(4)15(13)14/h1-3H,(H,9,10)(H,11,12)(H,13,14)/p-1. The van der Waals surface area contributed by atoms with Crippen LogP contribution in [-0.2, 0) is 11.1 Å². The molecule has 1 unspecified atom stereocenters. The average Bonchev–Trinajstić information content (AvgIpc) is 2.16. The number of aromatic carboxylic acids is 2. The molecule has 6 nitrogen and oxygen atoms in total. The van der Waals surface area contributed by atoms with Gasteiger partial charge in [-0.05, 0) is 23.2 Å². The molecule has 0 aromatic heterocycles. The van der Waals surface area contributed by atoms with E-state index in [0.717, 1.165) is 12.1 Å². The fourth-order valence-electron chi connectivity index (χ4n) is 1.05. The minimum atomic E-state index is -2.90. The molecule has 0 aliphatic rings. The molecule has 0 saturated carbocycles. The summed E-state index contributed by atoms with van der Waals surface area (Å²) in [7, 11) is 0. The van der Waals surface area contributed by atoms with E-state index in [0.29, 0.717) is 0 Å². The number of benzene rings is 1. The molecule has 7 heteroatoms. The molecule has 15 heavy (non-hydrogen) atoms. The summed E-state index contributed by atoms with van der Waals surface area (Å²) in [6, 6.07) is 3.23. The molecule has 0 radical (unpaired) electrons. The van der Waals surface area contributed by atoms with Crippen LogP contribution in [0.4, 0.5) is 0 Å². The van der Waals surface area contributed by atoms with Gasteiger partial charge in [-0.25, -0.2) is 9.59 Å². The first-order valence-electron chi connectivity index (χ1n) is 3.64. The maximum absolute atomic E-state index is 10.7. The molecule has 1 atom stereocenters. The molecule has 1 aromatic rings. The lowest BCUT2D eigenvalue weighted by molar-refractivity contribution is 0.0689. The summed E-state index contributed by atoms with van der Waals surface area (Å²) < 4.78 is 21.4. The lowest BCUT2D eigenvalue weighted by Gasteiger charge is -2.11. The van der Waals surface area contributed by atoms with Crippen molar-refractivity contribution in [2.75, 3.05) is 0 Å². The Labute approximate surface area is 86.5 Å². The van der Waals surface area contributed by atoms with Crippen molar-refractivity contribution in [3.05, 3.63) is 29.3 Å². The third-order valence-electron chi connectivity index (χ3n) is 1.64. The van der Waals surface area contributed by atoms with Crippen LogP contribution >= 0.6 is 0 Å². The van der Waals surface area contributed by atoms with Crippen LogP contribution in [0.1, 0.15) is 20.7 Å². The van der Waals surface area contributed by atoms with Crippen LogP contribution in [0, 0.1) is 0 Å². The van der Waals surface area contributed by atoms with E-state index in [1.807, 2.05) is 0 Å². The van der Waals surface area contributed by atoms with Crippen LogP contribution in [0.3, 0.4) is 0 Å². The normalized spacial score (nSPS) is 12.1. The van der Waals surface area contributed by atoms with Crippen molar-refractivity contribution in [3.63, 3.8) is 0 Å². The van der Waals surface area contributed by atoms with Gasteiger partial charge in [0.25, 0.3) is 0 Å². The van der Waals surface area contributed by atoms with Crippen LogP contribution in [0.5, 0.6) is 0 Å². The Kier molecular flexibility index (Phi) is 3.17.